The third-order valence-corrected chi connectivity index (χ3v) is 4.79. The molecule has 0 spiro atoms. The Morgan fingerprint density at radius 3 is 2.32 bits per heavy atom. The molecule has 0 radical (unpaired) electrons. The van der Waals surface area contributed by atoms with Gasteiger partial charge in [-0.05, 0) is 61.4 Å². The van der Waals surface area contributed by atoms with Crippen LogP contribution in [0, 0.1) is 0 Å². The van der Waals surface area contributed by atoms with Crippen molar-refractivity contribution in [3.63, 3.8) is 0 Å². The number of hydrogen-bond acceptors (Lipinski definition) is 6. The number of rotatable bonds is 5. The number of fused-ring (bicyclic) bond motifs is 1. The molecule has 0 fully saturated rings. The van der Waals surface area contributed by atoms with E-state index in [1.54, 1.807) is 19.2 Å². The second kappa shape index (κ2) is 7.86. The van der Waals surface area contributed by atoms with Crippen LogP contribution in [0.5, 0.6) is 5.75 Å². The number of ether oxygens (including phenoxy) is 1. The van der Waals surface area contributed by atoms with E-state index in [9.17, 15) is 4.79 Å². The van der Waals surface area contributed by atoms with Crippen molar-refractivity contribution >= 4 is 40.5 Å². The summed E-state index contributed by atoms with van der Waals surface area (Å²) in [6.07, 6.45) is 2.05. The molecule has 142 valence electrons. The average Bonchev–Trinajstić information content (AvgIpc) is 2.70. The first-order valence-corrected chi connectivity index (χ1v) is 9.38. The van der Waals surface area contributed by atoms with E-state index >= 15 is 0 Å². The molecule has 0 aliphatic heterocycles. The van der Waals surface area contributed by atoms with E-state index in [1.807, 2.05) is 36.4 Å². The molecule has 28 heavy (non-hydrogen) atoms. The molecular formula is C21H19ClN4O2. The summed E-state index contributed by atoms with van der Waals surface area (Å²) < 4.78 is 5.18. The molecule has 0 saturated heterocycles. The fraction of sp³-hybridized carbons (Fsp3) is 0.190. The molecule has 1 heterocycles. The first-order valence-electron chi connectivity index (χ1n) is 9.00. The quantitative estimate of drug-likeness (QED) is 0.623. The number of carbonyl (C=O) groups is 1. The van der Waals surface area contributed by atoms with Gasteiger partial charge in [-0.25, -0.2) is 4.98 Å². The third-order valence-electron chi connectivity index (χ3n) is 4.53. The topological polar surface area (TPSA) is 76.1 Å². The minimum atomic E-state index is 0.0636. The highest BCUT2D eigenvalue weighted by Crippen LogP contribution is 2.30. The standard InChI is InChI=1S/C21H19ClN4O2/c1-28-16-11-9-15(10-12-16)24-21-25-17-3-2-4-18(27)19(17)20(26-21)23-14-7-5-13(22)6-8-14/h5-12H,2-4H2,1H3,(H2,23,24,25,26). The second-order valence-electron chi connectivity index (χ2n) is 6.48. The van der Waals surface area contributed by atoms with Gasteiger partial charge in [0.1, 0.15) is 11.6 Å². The van der Waals surface area contributed by atoms with Gasteiger partial charge in [-0.15, -0.1) is 0 Å². The van der Waals surface area contributed by atoms with Gasteiger partial charge in [0, 0.05) is 22.8 Å². The lowest BCUT2D eigenvalue weighted by Gasteiger charge is -2.19. The predicted octanol–water partition coefficient (Wildman–Crippen LogP) is 5.14. The van der Waals surface area contributed by atoms with Gasteiger partial charge in [0.2, 0.25) is 5.95 Å². The van der Waals surface area contributed by atoms with Crippen LogP contribution in [0.4, 0.5) is 23.1 Å². The van der Waals surface area contributed by atoms with Crippen molar-refractivity contribution in [2.45, 2.75) is 19.3 Å². The fourth-order valence-electron chi connectivity index (χ4n) is 3.14. The van der Waals surface area contributed by atoms with Gasteiger partial charge in [-0.2, -0.15) is 4.98 Å². The van der Waals surface area contributed by atoms with Crippen molar-refractivity contribution in [2.24, 2.45) is 0 Å². The Hall–Kier alpha value is -3.12. The number of ketones is 1. The Labute approximate surface area is 167 Å². The lowest BCUT2D eigenvalue weighted by Crippen LogP contribution is -2.17. The first-order chi connectivity index (χ1) is 13.6. The molecular weight excluding hydrogens is 376 g/mol. The lowest BCUT2D eigenvalue weighted by atomic mass is 9.95. The maximum Gasteiger partial charge on any atom is 0.229 e. The number of nitrogens with one attached hydrogen (secondary N) is 2. The summed E-state index contributed by atoms with van der Waals surface area (Å²) in [7, 11) is 1.63. The molecule has 2 N–H and O–H groups in total. The summed E-state index contributed by atoms with van der Waals surface area (Å²) in [6.45, 7) is 0. The number of anilines is 4. The number of nitrogens with zero attached hydrogens (tertiary/aromatic N) is 2. The van der Waals surface area contributed by atoms with E-state index in [0.717, 1.165) is 35.7 Å². The van der Waals surface area contributed by atoms with Crippen LogP contribution in [0.15, 0.2) is 48.5 Å². The molecule has 2 aromatic carbocycles. The maximum atomic E-state index is 12.5. The van der Waals surface area contributed by atoms with Crippen LogP contribution >= 0.6 is 11.6 Å². The van der Waals surface area contributed by atoms with Crippen LogP contribution in [0.1, 0.15) is 28.9 Å². The monoisotopic (exact) mass is 394 g/mol. The number of benzene rings is 2. The number of halogens is 1. The molecule has 0 saturated carbocycles. The van der Waals surface area contributed by atoms with Gasteiger partial charge in [-0.1, -0.05) is 11.6 Å². The number of aryl methyl sites for hydroxylation is 1. The van der Waals surface area contributed by atoms with Gasteiger partial charge in [0.25, 0.3) is 0 Å². The summed E-state index contributed by atoms with van der Waals surface area (Å²) in [6, 6.07) is 14.8. The van der Waals surface area contributed by atoms with E-state index in [-0.39, 0.29) is 5.78 Å². The predicted molar refractivity (Wildman–Crippen MR) is 110 cm³/mol. The van der Waals surface area contributed by atoms with Crippen molar-refractivity contribution in [2.75, 3.05) is 17.7 Å². The van der Waals surface area contributed by atoms with E-state index < -0.39 is 0 Å². The average molecular weight is 395 g/mol. The molecule has 1 aliphatic rings. The van der Waals surface area contributed by atoms with E-state index in [2.05, 4.69) is 20.6 Å². The van der Waals surface area contributed by atoms with E-state index in [0.29, 0.717) is 28.8 Å². The Kier molecular flexibility index (Phi) is 5.12. The van der Waals surface area contributed by atoms with Crippen molar-refractivity contribution < 1.29 is 9.53 Å². The van der Waals surface area contributed by atoms with Crippen LogP contribution in [0.25, 0.3) is 0 Å². The molecule has 7 heteroatoms. The van der Waals surface area contributed by atoms with Crippen LogP contribution in [0.3, 0.4) is 0 Å². The largest absolute Gasteiger partial charge is 0.497 e. The summed E-state index contributed by atoms with van der Waals surface area (Å²) in [4.78, 5) is 21.7. The smallest absolute Gasteiger partial charge is 0.229 e. The normalized spacial score (nSPS) is 13.0. The molecule has 4 rings (SSSR count). The van der Waals surface area contributed by atoms with E-state index in [4.69, 9.17) is 16.3 Å². The number of Topliss-reactive ketones (excluding diaryl/α,β-unsaturated/α-hetero) is 1. The molecule has 1 aromatic heterocycles. The fourth-order valence-corrected chi connectivity index (χ4v) is 3.27. The maximum absolute atomic E-state index is 12.5. The van der Waals surface area contributed by atoms with Gasteiger partial charge in [-0.3, -0.25) is 4.79 Å². The Bertz CT molecular complexity index is 1000. The van der Waals surface area contributed by atoms with Crippen LogP contribution in [-0.2, 0) is 6.42 Å². The van der Waals surface area contributed by atoms with E-state index in [1.165, 1.54) is 0 Å². The molecule has 0 unspecified atom stereocenters. The van der Waals surface area contributed by atoms with Crippen molar-refractivity contribution in [3.05, 3.63) is 64.8 Å². The molecule has 3 aromatic rings. The second-order valence-corrected chi connectivity index (χ2v) is 6.92. The van der Waals surface area contributed by atoms with Crippen LogP contribution < -0.4 is 15.4 Å². The number of carbonyl (C=O) groups excluding carboxylic acids is 1. The first kappa shape index (κ1) is 18.3. The highest BCUT2D eigenvalue weighted by atomic mass is 35.5. The SMILES string of the molecule is COc1ccc(Nc2nc3c(c(Nc4ccc(Cl)cc4)n2)C(=O)CCC3)cc1. The van der Waals surface area contributed by atoms with Crippen LogP contribution in [-0.4, -0.2) is 22.9 Å². The number of hydrogen-bond donors (Lipinski definition) is 2. The van der Waals surface area contributed by atoms with Crippen molar-refractivity contribution in [3.8, 4) is 5.75 Å². The Balaban J connectivity index is 1.69. The highest BCUT2D eigenvalue weighted by molar-refractivity contribution is 6.30. The molecule has 6 nitrogen and oxygen atoms in total. The minimum absolute atomic E-state index is 0.0636. The Morgan fingerprint density at radius 1 is 0.929 bits per heavy atom. The summed E-state index contributed by atoms with van der Waals surface area (Å²) in [5, 5.41) is 7.10. The molecule has 0 amide bonds. The van der Waals surface area contributed by atoms with Crippen molar-refractivity contribution in [1.82, 2.24) is 9.97 Å². The van der Waals surface area contributed by atoms with Gasteiger partial charge < -0.3 is 15.4 Å². The minimum Gasteiger partial charge on any atom is -0.497 e. The molecule has 0 bridgehead atoms. The lowest BCUT2D eigenvalue weighted by molar-refractivity contribution is 0.0972. The molecule has 0 atom stereocenters. The molecule has 1 aliphatic carbocycles. The van der Waals surface area contributed by atoms with Gasteiger partial charge in [0.05, 0.1) is 18.4 Å². The summed E-state index contributed by atoms with van der Waals surface area (Å²) >= 11 is 5.96. The van der Waals surface area contributed by atoms with Gasteiger partial charge in [0.15, 0.2) is 5.78 Å². The van der Waals surface area contributed by atoms with Gasteiger partial charge >= 0.3 is 0 Å². The van der Waals surface area contributed by atoms with Crippen LogP contribution in [0.2, 0.25) is 5.02 Å². The third kappa shape index (κ3) is 3.92. The highest BCUT2D eigenvalue weighted by Gasteiger charge is 2.24. The number of methoxy groups -OCH3 is 1. The zero-order valence-electron chi connectivity index (χ0n) is 15.3. The number of aromatic nitrogens is 2. The zero-order valence-corrected chi connectivity index (χ0v) is 16.1. The summed E-state index contributed by atoms with van der Waals surface area (Å²) in [5.41, 5.74) is 2.97. The summed E-state index contributed by atoms with van der Waals surface area (Å²) in [5.74, 6) is 1.78. The zero-order chi connectivity index (χ0) is 19.5. The Morgan fingerprint density at radius 2 is 1.61 bits per heavy atom. The van der Waals surface area contributed by atoms with Crippen molar-refractivity contribution in [1.29, 1.82) is 0 Å².